The summed E-state index contributed by atoms with van der Waals surface area (Å²) in [6.45, 7) is 0.531. The number of benzene rings is 1. The van der Waals surface area contributed by atoms with Gasteiger partial charge in [-0.1, -0.05) is 12.1 Å². The molecule has 3 N–H and O–H groups in total. The lowest BCUT2D eigenvalue weighted by Gasteiger charge is -2.06. The number of sulfonamides is 1. The molecular weight excluding hydrogens is 260 g/mol. The van der Waals surface area contributed by atoms with Crippen molar-refractivity contribution in [2.45, 2.75) is 17.7 Å². The van der Waals surface area contributed by atoms with Crippen LogP contribution in [0.2, 0.25) is 0 Å². The van der Waals surface area contributed by atoms with E-state index in [1.54, 1.807) is 12.1 Å². The number of alkyl halides is 1. The first kappa shape index (κ1) is 14.4. The maximum Gasteiger partial charge on any atom is 0.240 e. The highest BCUT2D eigenvalue weighted by Crippen LogP contribution is 2.11. The Labute approximate surface area is 107 Å². The van der Waals surface area contributed by atoms with E-state index in [4.69, 9.17) is 17.3 Å². The van der Waals surface area contributed by atoms with Crippen molar-refractivity contribution in [3.8, 4) is 0 Å². The van der Waals surface area contributed by atoms with E-state index in [0.29, 0.717) is 5.88 Å². The van der Waals surface area contributed by atoms with Gasteiger partial charge in [-0.25, -0.2) is 13.1 Å². The van der Waals surface area contributed by atoms with Crippen LogP contribution in [-0.2, 0) is 16.4 Å². The van der Waals surface area contributed by atoms with Gasteiger partial charge in [-0.15, -0.1) is 11.6 Å². The van der Waals surface area contributed by atoms with Crippen molar-refractivity contribution in [1.29, 1.82) is 0 Å². The standard InChI is InChI=1S/C11H17ClN2O2S/c12-7-1-2-10-3-5-11(6-4-10)17(15,16)14-9-8-13/h3-6,14H,1-2,7-9,13H2. The maximum atomic E-state index is 11.7. The fourth-order valence-corrected chi connectivity index (χ4v) is 2.56. The first-order valence-electron chi connectivity index (χ1n) is 5.45. The molecule has 0 amide bonds. The second kappa shape index (κ2) is 6.96. The number of halogens is 1. The van der Waals surface area contributed by atoms with Crippen LogP contribution in [0.1, 0.15) is 12.0 Å². The lowest BCUT2D eigenvalue weighted by Crippen LogP contribution is -2.29. The van der Waals surface area contributed by atoms with E-state index < -0.39 is 10.0 Å². The number of rotatable bonds is 7. The highest BCUT2D eigenvalue weighted by atomic mass is 35.5. The van der Waals surface area contributed by atoms with Gasteiger partial charge in [0.05, 0.1) is 4.90 Å². The molecule has 96 valence electrons. The Balaban J connectivity index is 2.73. The van der Waals surface area contributed by atoms with E-state index in [1.807, 2.05) is 12.1 Å². The Morgan fingerprint density at radius 2 is 1.88 bits per heavy atom. The van der Waals surface area contributed by atoms with Gasteiger partial charge in [-0.2, -0.15) is 0 Å². The van der Waals surface area contributed by atoms with Crippen LogP contribution in [-0.4, -0.2) is 27.4 Å². The van der Waals surface area contributed by atoms with Gasteiger partial charge >= 0.3 is 0 Å². The zero-order valence-electron chi connectivity index (χ0n) is 9.52. The van der Waals surface area contributed by atoms with Crippen LogP contribution >= 0.6 is 11.6 Å². The molecular formula is C11H17ClN2O2S. The molecule has 0 aromatic heterocycles. The lowest BCUT2D eigenvalue weighted by molar-refractivity contribution is 0.582. The van der Waals surface area contributed by atoms with Crippen molar-refractivity contribution < 1.29 is 8.42 Å². The minimum Gasteiger partial charge on any atom is -0.329 e. The minimum absolute atomic E-state index is 0.246. The predicted octanol–water partition coefficient (Wildman–Crippen LogP) is 1.09. The molecule has 0 atom stereocenters. The monoisotopic (exact) mass is 276 g/mol. The smallest absolute Gasteiger partial charge is 0.240 e. The molecule has 0 fully saturated rings. The zero-order chi connectivity index (χ0) is 12.7. The zero-order valence-corrected chi connectivity index (χ0v) is 11.1. The number of nitrogens with two attached hydrogens (primary N) is 1. The van der Waals surface area contributed by atoms with Crippen LogP contribution < -0.4 is 10.5 Å². The number of aryl methyl sites for hydroxylation is 1. The second-order valence-electron chi connectivity index (χ2n) is 3.62. The Morgan fingerprint density at radius 3 is 2.41 bits per heavy atom. The molecule has 0 spiro atoms. The SMILES string of the molecule is NCCNS(=O)(=O)c1ccc(CCCCl)cc1. The van der Waals surface area contributed by atoms with Crippen LogP contribution in [0.25, 0.3) is 0 Å². The molecule has 0 aliphatic rings. The average molecular weight is 277 g/mol. The first-order valence-corrected chi connectivity index (χ1v) is 7.46. The summed E-state index contributed by atoms with van der Waals surface area (Å²) in [7, 11) is -3.42. The third kappa shape index (κ3) is 4.63. The van der Waals surface area contributed by atoms with Gasteiger partial charge in [0.25, 0.3) is 0 Å². The molecule has 0 aliphatic heterocycles. The Morgan fingerprint density at radius 1 is 1.24 bits per heavy atom. The van der Waals surface area contributed by atoms with Crippen molar-refractivity contribution in [2.75, 3.05) is 19.0 Å². The summed E-state index contributed by atoms with van der Waals surface area (Å²) in [6, 6.07) is 6.82. The Hall–Kier alpha value is -0.620. The molecule has 6 heteroatoms. The van der Waals surface area contributed by atoms with Gasteiger partial charge in [-0.3, -0.25) is 0 Å². The predicted molar refractivity (Wildman–Crippen MR) is 69.7 cm³/mol. The first-order chi connectivity index (χ1) is 8.10. The number of hydrogen-bond acceptors (Lipinski definition) is 3. The summed E-state index contributed by atoms with van der Waals surface area (Å²) in [5, 5.41) is 0. The van der Waals surface area contributed by atoms with Crippen LogP contribution in [0.15, 0.2) is 29.2 Å². The molecule has 4 nitrogen and oxygen atoms in total. The molecule has 0 aliphatic carbocycles. The van der Waals surface area contributed by atoms with Crippen molar-refractivity contribution >= 4 is 21.6 Å². The van der Waals surface area contributed by atoms with Gasteiger partial charge < -0.3 is 5.73 Å². The van der Waals surface area contributed by atoms with Crippen molar-refractivity contribution in [3.05, 3.63) is 29.8 Å². The second-order valence-corrected chi connectivity index (χ2v) is 5.77. The molecule has 0 unspecified atom stereocenters. The van der Waals surface area contributed by atoms with Crippen LogP contribution in [0.5, 0.6) is 0 Å². The van der Waals surface area contributed by atoms with Crippen molar-refractivity contribution in [2.24, 2.45) is 5.73 Å². The van der Waals surface area contributed by atoms with Gasteiger partial charge in [0.15, 0.2) is 0 Å². The molecule has 0 saturated heterocycles. The third-order valence-electron chi connectivity index (χ3n) is 2.27. The average Bonchev–Trinajstić information content (AvgIpc) is 2.34. The maximum absolute atomic E-state index is 11.7. The Bertz CT molecular complexity index is 431. The Kier molecular flexibility index (Phi) is 5.91. The molecule has 1 rings (SSSR count). The third-order valence-corrected chi connectivity index (χ3v) is 4.01. The van der Waals surface area contributed by atoms with Crippen molar-refractivity contribution in [3.63, 3.8) is 0 Å². The summed E-state index contributed by atoms with van der Waals surface area (Å²) >= 11 is 5.59. The molecule has 0 saturated carbocycles. The molecule has 17 heavy (non-hydrogen) atoms. The molecule has 0 bridgehead atoms. The van der Waals surface area contributed by atoms with Gasteiger partial charge in [-0.05, 0) is 30.5 Å². The highest BCUT2D eigenvalue weighted by molar-refractivity contribution is 7.89. The topological polar surface area (TPSA) is 72.2 Å². The van der Waals surface area contributed by atoms with Crippen LogP contribution in [0.3, 0.4) is 0 Å². The summed E-state index contributed by atoms with van der Waals surface area (Å²) in [6.07, 6.45) is 1.75. The van der Waals surface area contributed by atoms with E-state index in [-0.39, 0.29) is 18.0 Å². The lowest BCUT2D eigenvalue weighted by atomic mass is 10.1. The molecule has 0 heterocycles. The molecule has 0 radical (unpaired) electrons. The van der Waals surface area contributed by atoms with E-state index >= 15 is 0 Å². The quantitative estimate of drug-likeness (QED) is 0.733. The highest BCUT2D eigenvalue weighted by Gasteiger charge is 2.12. The van der Waals surface area contributed by atoms with E-state index in [9.17, 15) is 8.42 Å². The molecule has 1 aromatic carbocycles. The number of hydrogen-bond donors (Lipinski definition) is 2. The summed E-state index contributed by atoms with van der Waals surface area (Å²) in [5.41, 5.74) is 6.34. The van der Waals surface area contributed by atoms with Crippen molar-refractivity contribution in [1.82, 2.24) is 4.72 Å². The fraction of sp³-hybridized carbons (Fsp3) is 0.455. The summed E-state index contributed by atoms with van der Waals surface area (Å²) in [5.74, 6) is 0.609. The van der Waals surface area contributed by atoms with Crippen LogP contribution in [0, 0.1) is 0 Å². The fourth-order valence-electron chi connectivity index (χ4n) is 1.38. The summed E-state index contributed by atoms with van der Waals surface area (Å²) in [4.78, 5) is 0.264. The minimum atomic E-state index is -3.42. The van der Waals surface area contributed by atoms with Gasteiger partial charge in [0.1, 0.15) is 0 Å². The summed E-state index contributed by atoms with van der Waals surface area (Å²) < 4.78 is 25.9. The van der Waals surface area contributed by atoms with Crippen LogP contribution in [0.4, 0.5) is 0 Å². The number of nitrogens with one attached hydrogen (secondary N) is 1. The normalized spacial score (nSPS) is 11.6. The van der Waals surface area contributed by atoms with E-state index in [2.05, 4.69) is 4.72 Å². The van der Waals surface area contributed by atoms with E-state index in [1.165, 1.54) is 0 Å². The van der Waals surface area contributed by atoms with E-state index in [0.717, 1.165) is 18.4 Å². The van der Waals surface area contributed by atoms with Gasteiger partial charge in [0.2, 0.25) is 10.0 Å². The molecule has 1 aromatic rings. The largest absolute Gasteiger partial charge is 0.329 e. The van der Waals surface area contributed by atoms with Gasteiger partial charge in [0, 0.05) is 19.0 Å².